The van der Waals surface area contributed by atoms with Gasteiger partial charge in [0.2, 0.25) is 0 Å². The van der Waals surface area contributed by atoms with E-state index >= 15 is 0 Å². The normalized spacial score (nSPS) is 12.1. The molecule has 15 heavy (non-hydrogen) atoms. The maximum Gasteiger partial charge on any atom is 0.332 e. The summed E-state index contributed by atoms with van der Waals surface area (Å²) in [6.45, 7) is 3.40. The Hall–Kier alpha value is -1.32. The zero-order chi connectivity index (χ0) is 11.8. The van der Waals surface area contributed by atoms with Crippen molar-refractivity contribution in [2.75, 3.05) is 0 Å². The van der Waals surface area contributed by atoms with Crippen molar-refractivity contribution >= 4 is 11.9 Å². The molecule has 2 N–H and O–H groups in total. The highest BCUT2D eigenvalue weighted by atomic mass is 16.4. The summed E-state index contributed by atoms with van der Waals surface area (Å²) in [4.78, 5) is 21.4. The van der Waals surface area contributed by atoms with Gasteiger partial charge in [-0.3, -0.25) is 0 Å². The number of unbranched alkanes of at least 4 members (excludes halogenated alkanes) is 3. The van der Waals surface area contributed by atoms with Crippen LogP contribution < -0.4 is 0 Å². The lowest BCUT2D eigenvalue weighted by molar-refractivity contribution is -0.136. The van der Waals surface area contributed by atoms with Crippen molar-refractivity contribution in [2.45, 2.75) is 46.0 Å². The largest absolute Gasteiger partial charge is 0.478 e. The summed E-state index contributed by atoms with van der Waals surface area (Å²) in [7, 11) is 0. The van der Waals surface area contributed by atoms with Crippen LogP contribution in [0.1, 0.15) is 46.0 Å². The lowest BCUT2D eigenvalue weighted by Gasteiger charge is -2.04. The van der Waals surface area contributed by atoms with Crippen molar-refractivity contribution < 1.29 is 19.8 Å². The highest BCUT2D eigenvalue weighted by Gasteiger charge is 2.15. The molecule has 0 rings (SSSR count). The lowest BCUT2D eigenvalue weighted by atomic mass is 10.0. The molecule has 0 aromatic heterocycles. The van der Waals surface area contributed by atoms with E-state index in [1.54, 1.807) is 0 Å². The van der Waals surface area contributed by atoms with E-state index in [9.17, 15) is 9.59 Å². The Kier molecular flexibility index (Phi) is 6.42. The van der Waals surface area contributed by atoms with Crippen molar-refractivity contribution in [3.8, 4) is 0 Å². The average molecular weight is 214 g/mol. The van der Waals surface area contributed by atoms with Crippen LogP contribution >= 0.6 is 0 Å². The molecule has 0 saturated heterocycles. The molecule has 0 aliphatic heterocycles. The van der Waals surface area contributed by atoms with Gasteiger partial charge in [0.15, 0.2) is 0 Å². The van der Waals surface area contributed by atoms with Gasteiger partial charge in [0.05, 0.1) is 0 Å². The molecule has 0 aromatic carbocycles. The summed E-state index contributed by atoms with van der Waals surface area (Å²) in [5.41, 5.74) is -0.0300. The van der Waals surface area contributed by atoms with Crippen molar-refractivity contribution in [3.63, 3.8) is 0 Å². The third-order valence-electron chi connectivity index (χ3n) is 2.31. The second-order valence-electron chi connectivity index (χ2n) is 3.52. The van der Waals surface area contributed by atoms with Gasteiger partial charge in [-0.25, -0.2) is 9.59 Å². The maximum absolute atomic E-state index is 10.8. The first-order valence-electron chi connectivity index (χ1n) is 5.17. The Morgan fingerprint density at radius 3 is 2.00 bits per heavy atom. The van der Waals surface area contributed by atoms with E-state index in [2.05, 4.69) is 6.92 Å². The molecule has 0 atom stereocenters. The number of hydrogen-bond acceptors (Lipinski definition) is 2. The van der Waals surface area contributed by atoms with Crippen molar-refractivity contribution in [1.29, 1.82) is 0 Å². The first-order chi connectivity index (χ1) is 7.00. The molecular formula is C11H18O4. The summed E-state index contributed by atoms with van der Waals surface area (Å²) >= 11 is 0. The SMILES string of the molecule is CCCCCC/C(C(=O)O)=C(\C)C(=O)O. The van der Waals surface area contributed by atoms with Crippen molar-refractivity contribution in [3.05, 3.63) is 11.1 Å². The van der Waals surface area contributed by atoms with Gasteiger partial charge in [0.25, 0.3) is 0 Å². The average Bonchev–Trinajstić information content (AvgIpc) is 2.16. The molecule has 0 amide bonds. The number of carboxylic acids is 2. The van der Waals surface area contributed by atoms with E-state index in [4.69, 9.17) is 10.2 Å². The van der Waals surface area contributed by atoms with Gasteiger partial charge in [-0.2, -0.15) is 0 Å². The van der Waals surface area contributed by atoms with E-state index in [-0.39, 0.29) is 11.1 Å². The fraction of sp³-hybridized carbons (Fsp3) is 0.636. The van der Waals surface area contributed by atoms with Gasteiger partial charge in [-0.05, 0) is 19.8 Å². The van der Waals surface area contributed by atoms with Crippen LogP contribution in [0.25, 0.3) is 0 Å². The molecule has 0 spiro atoms. The Balaban J connectivity index is 4.36. The van der Waals surface area contributed by atoms with Gasteiger partial charge in [0.1, 0.15) is 0 Å². The van der Waals surface area contributed by atoms with Gasteiger partial charge in [0, 0.05) is 11.1 Å². The van der Waals surface area contributed by atoms with Gasteiger partial charge in [-0.1, -0.05) is 26.2 Å². The number of hydrogen-bond donors (Lipinski definition) is 2. The Morgan fingerprint density at radius 2 is 1.60 bits per heavy atom. The third-order valence-corrected chi connectivity index (χ3v) is 2.31. The standard InChI is InChI=1S/C11H18O4/c1-3-4-5-6-7-9(11(14)15)8(2)10(12)13/h3-7H2,1-2H3,(H,12,13)(H,14,15)/b9-8-. The molecule has 0 saturated carbocycles. The molecule has 0 heterocycles. The minimum atomic E-state index is -1.15. The van der Waals surface area contributed by atoms with Gasteiger partial charge >= 0.3 is 11.9 Å². The smallest absolute Gasteiger partial charge is 0.332 e. The predicted molar refractivity (Wildman–Crippen MR) is 56.7 cm³/mol. The van der Waals surface area contributed by atoms with E-state index < -0.39 is 11.9 Å². The topological polar surface area (TPSA) is 74.6 Å². The maximum atomic E-state index is 10.8. The second-order valence-corrected chi connectivity index (χ2v) is 3.52. The Morgan fingerprint density at radius 1 is 1.00 bits per heavy atom. The van der Waals surface area contributed by atoms with E-state index in [0.29, 0.717) is 6.42 Å². The van der Waals surface area contributed by atoms with Crippen LogP contribution in [0, 0.1) is 0 Å². The number of aliphatic carboxylic acids is 2. The lowest BCUT2D eigenvalue weighted by Crippen LogP contribution is -2.09. The molecule has 4 heteroatoms. The van der Waals surface area contributed by atoms with Crippen LogP contribution in [0.3, 0.4) is 0 Å². The van der Waals surface area contributed by atoms with Crippen LogP contribution in [-0.2, 0) is 9.59 Å². The van der Waals surface area contributed by atoms with Gasteiger partial charge < -0.3 is 10.2 Å². The molecule has 0 aliphatic rings. The summed E-state index contributed by atoms with van der Waals surface area (Å²) in [6.07, 6.45) is 4.15. The Bertz CT molecular complexity index is 266. The predicted octanol–water partition coefficient (Wildman–Crippen LogP) is 2.44. The first-order valence-corrected chi connectivity index (χ1v) is 5.17. The molecule has 4 nitrogen and oxygen atoms in total. The number of carbonyl (C=O) groups is 2. The zero-order valence-electron chi connectivity index (χ0n) is 9.25. The highest BCUT2D eigenvalue weighted by Crippen LogP contribution is 2.14. The fourth-order valence-electron chi connectivity index (χ4n) is 1.31. The molecule has 0 bridgehead atoms. The molecule has 0 unspecified atom stereocenters. The Labute approximate surface area is 89.6 Å². The molecule has 0 aromatic rings. The highest BCUT2D eigenvalue weighted by molar-refractivity contribution is 5.98. The van der Waals surface area contributed by atoms with Gasteiger partial charge in [-0.15, -0.1) is 0 Å². The quantitative estimate of drug-likeness (QED) is 0.504. The first kappa shape index (κ1) is 13.7. The summed E-state index contributed by atoms with van der Waals surface area (Å²) in [6, 6.07) is 0. The van der Waals surface area contributed by atoms with Crippen LogP contribution in [0.4, 0.5) is 0 Å². The summed E-state index contributed by atoms with van der Waals surface area (Å²) in [5, 5.41) is 17.5. The van der Waals surface area contributed by atoms with Crippen molar-refractivity contribution in [1.82, 2.24) is 0 Å². The van der Waals surface area contributed by atoms with Crippen LogP contribution in [0.5, 0.6) is 0 Å². The van der Waals surface area contributed by atoms with Crippen molar-refractivity contribution in [2.24, 2.45) is 0 Å². The van der Waals surface area contributed by atoms with Crippen LogP contribution in [0.15, 0.2) is 11.1 Å². The van der Waals surface area contributed by atoms with E-state index in [0.717, 1.165) is 25.7 Å². The third kappa shape index (κ3) is 5.20. The minimum Gasteiger partial charge on any atom is -0.478 e. The number of carboxylic acid groups (broad SMARTS) is 2. The molecular weight excluding hydrogens is 196 g/mol. The number of rotatable bonds is 7. The molecule has 0 aliphatic carbocycles. The molecule has 0 radical (unpaired) electrons. The van der Waals surface area contributed by atoms with E-state index in [1.807, 2.05) is 0 Å². The summed E-state index contributed by atoms with van der Waals surface area (Å²) in [5.74, 6) is -2.27. The van der Waals surface area contributed by atoms with Crippen LogP contribution in [-0.4, -0.2) is 22.2 Å². The fourth-order valence-corrected chi connectivity index (χ4v) is 1.31. The summed E-state index contributed by atoms with van der Waals surface area (Å²) < 4.78 is 0. The van der Waals surface area contributed by atoms with Crippen LogP contribution in [0.2, 0.25) is 0 Å². The molecule has 0 fully saturated rings. The molecule has 86 valence electrons. The minimum absolute atomic E-state index is 0.0265. The monoisotopic (exact) mass is 214 g/mol. The second kappa shape index (κ2) is 7.04. The van der Waals surface area contributed by atoms with E-state index in [1.165, 1.54) is 6.92 Å². The zero-order valence-corrected chi connectivity index (χ0v) is 9.25.